The first kappa shape index (κ1) is 40.3. The number of carbonyl (C=O) groups excluding carboxylic acids is 4. The van der Waals surface area contributed by atoms with Crippen molar-refractivity contribution >= 4 is 35.5 Å². The van der Waals surface area contributed by atoms with Gasteiger partial charge in [0, 0.05) is 32.7 Å². The van der Waals surface area contributed by atoms with Crippen LogP contribution >= 0.6 is 0 Å². The van der Waals surface area contributed by atoms with Crippen molar-refractivity contribution in [2.24, 2.45) is 33.8 Å². The molecule has 0 radical (unpaired) electrons. The highest BCUT2D eigenvalue weighted by Gasteiger charge is 2.33. The number of nitrogens with one attached hydrogen (secondary N) is 4. The number of nitrogens with two attached hydrogens (primary N) is 4. The Morgan fingerprint density at radius 2 is 1.29 bits per heavy atom. The minimum Gasteiger partial charge on any atom is -0.370 e. The van der Waals surface area contributed by atoms with Crippen molar-refractivity contribution in [3.8, 4) is 0 Å². The molecule has 1 aliphatic rings. The van der Waals surface area contributed by atoms with Crippen LogP contribution in [0, 0.1) is 11.3 Å². The third kappa shape index (κ3) is 13.9. The quantitative estimate of drug-likeness (QED) is 0.0799. The standard InChI is InChI=1S/C36H55N11O4/c1-24(2)22-30(33(50)44-29(16-17-42-35(38)39)34(51)46-18-9-19-47(21-20-46)36(40)41)45-32(49)28(15-14-25-10-5-3-6-11-25)43-31(48)27(37)23-26-12-7-4-8-13-26/h3-8,10-13,24,27-30H,9,14-23,37H2,1-2H3,(H3,40,41)(H,43,48)(H,44,50)(H,45,49)(H4,38,39,42)/t27-,28-,29-,30-/m1/s1. The molecule has 2 aromatic rings. The zero-order valence-electron chi connectivity index (χ0n) is 29.7. The van der Waals surface area contributed by atoms with Crippen molar-refractivity contribution in [1.29, 1.82) is 5.41 Å². The zero-order valence-corrected chi connectivity index (χ0v) is 29.7. The summed E-state index contributed by atoms with van der Waals surface area (Å²) in [7, 11) is 0. The van der Waals surface area contributed by atoms with Crippen molar-refractivity contribution in [3.63, 3.8) is 0 Å². The van der Waals surface area contributed by atoms with Gasteiger partial charge in [0.1, 0.15) is 18.1 Å². The molecule has 0 aliphatic carbocycles. The van der Waals surface area contributed by atoms with Gasteiger partial charge in [0.05, 0.1) is 6.04 Å². The first-order valence-corrected chi connectivity index (χ1v) is 17.5. The van der Waals surface area contributed by atoms with E-state index in [1.54, 1.807) is 9.80 Å². The molecule has 0 aromatic heterocycles. The zero-order chi connectivity index (χ0) is 37.3. The van der Waals surface area contributed by atoms with E-state index in [1.807, 2.05) is 74.5 Å². The summed E-state index contributed by atoms with van der Waals surface area (Å²) >= 11 is 0. The molecule has 51 heavy (non-hydrogen) atoms. The molecule has 278 valence electrons. The van der Waals surface area contributed by atoms with Gasteiger partial charge in [-0.3, -0.25) is 29.6 Å². The number of guanidine groups is 2. The monoisotopic (exact) mass is 705 g/mol. The fourth-order valence-corrected chi connectivity index (χ4v) is 5.89. The molecule has 0 saturated carbocycles. The van der Waals surface area contributed by atoms with Crippen LogP contribution in [0.2, 0.25) is 0 Å². The van der Waals surface area contributed by atoms with Gasteiger partial charge in [0.2, 0.25) is 23.6 Å². The molecule has 1 heterocycles. The van der Waals surface area contributed by atoms with Gasteiger partial charge in [-0.05, 0) is 55.6 Å². The lowest BCUT2D eigenvalue weighted by atomic mass is 10.00. The summed E-state index contributed by atoms with van der Waals surface area (Å²) in [6.45, 7) is 5.57. The normalized spacial score (nSPS) is 15.5. The molecule has 1 aliphatic heterocycles. The maximum Gasteiger partial charge on any atom is 0.245 e. The largest absolute Gasteiger partial charge is 0.370 e. The second-order valence-corrected chi connectivity index (χ2v) is 13.3. The van der Waals surface area contributed by atoms with Gasteiger partial charge in [-0.1, -0.05) is 74.5 Å². The SMILES string of the molecule is CC(C)C[C@@H](NC(=O)[C@@H](CCc1ccccc1)NC(=O)[C@H](N)Cc1ccccc1)C(=O)N[C@H](CCN=C(N)N)C(=O)N1CCCN(C(=N)N)CC1. The van der Waals surface area contributed by atoms with Gasteiger partial charge < -0.3 is 48.7 Å². The Morgan fingerprint density at radius 1 is 0.745 bits per heavy atom. The highest BCUT2D eigenvalue weighted by Crippen LogP contribution is 2.12. The van der Waals surface area contributed by atoms with Crippen LogP contribution in [-0.4, -0.2) is 102 Å². The molecule has 1 fully saturated rings. The smallest absolute Gasteiger partial charge is 0.245 e. The number of aryl methyl sites for hydroxylation is 1. The van der Waals surface area contributed by atoms with Gasteiger partial charge in [-0.2, -0.15) is 0 Å². The van der Waals surface area contributed by atoms with Crippen LogP contribution in [0.25, 0.3) is 0 Å². The molecule has 15 heteroatoms. The summed E-state index contributed by atoms with van der Waals surface area (Å²) in [5, 5.41) is 16.3. The Labute approximate surface area is 300 Å². The van der Waals surface area contributed by atoms with E-state index in [9.17, 15) is 19.2 Å². The predicted octanol–water partition coefficient (Wildman–Crippen LogP) is -0.219. The molecule has 12 N–H and O–H groups in total. The highest BCUT2D eigenvalue weighted by atomic mass is 16.2. The van der Waals surface area contributed by atoms with E-state index in [0.717, 1.165) is 11.1 Å². The summed E-state index contributed by atoms with van der Waals surface area (Å²) in [6.07, 6.45) is 2.03. The lowest BCUT2D eigenvalue weighted by Crippen LogP contribution is -2.58. The molecule has 15 nitrogen and oxygen atoms in total. The summed E-state index contributed by atoms with van der Waals surface area (Å²) in [6, 6.07) is 15.1. The number of carbonyl (C=O) groups is 4. The number of hydrogen-bond acceptors (Lipinski definition) is 7. The average molecular weight is 706 g/mol. The second-order valence-electron chi connectivity index (χ2n) is 13.3. The van der Waals surface area contributed by atoms with Crippen molar-refractivity contribution in [3.05, 3.63) is 71.8 Å². The van der Waals surface area contributed by atoms with E-state index in [1.165, 1.54) is 0 Å². The summed E-state index contributed by atoms with van der Waals surface area (Å²) in [5.74, 6) is -2.10. The minimum atomic E-state index is -1.01. The van der Waals surface area contributed by atoms with Crippen molar-refractivity contribution < 1.29 is 19.2 Å². The number of rotatable bonds is 17. The number of aliphatic imine (C=N–C) groups is 1. The molecule has 2 aromatic carbocycles. The van der Waals surface area contributed by atoms with Crippen LogP contribution in [0.4, 0.5) is 0 Å². The fraction of sp³-hybridized carbons (Fsp3) is 0.500. The second kappa shape index (κ2) is 20.5. The molecule has 3 rings (SSSR count). The van der Waals surface area contributed by atoms with Gasteiger partial charge in [-0.15, -0.1) is 0 Å². The summed E-state index contributed by atoms with van der Waals surface area (Å²) < 4.78 is 0. The molecular weight excluding hydrogens is 650 g/mol. The lowest BCUT2D eigenvalue weighted by Gasteiger charge is -2.29. The molecular formula is C36H55N11O4. The van der Waals surface area contributed by atoms with E-state index < -0.39 is 41.9 Å². The summed E-state index contributed by atoms with van der Waals surface area (Å²) in [5.41, 5.74) is 24.9. The topological polar surface area (TPSA) is 251 Å². The molecule has 4 amide bonds. The van der Waals surface area contributed by atoms with Crippen molar-refractivity contribution in [2.75, 3.05) is 32.7 Å². The van der Waals surface area contributed by atoms with E-state index in [0.29, 0.717) is 39.0 Å². The van der Waals surface area contributed by atoms with E-state index >= 15 is 0 Å². The maximum atomic E-state index is 13.9. The van der Waals surface area contributed by atoms with Gasteiger partial charge in [-0.25, -0.2) is 0 Å². The van der Waals surface area contributed by atoms with E-state index in [4.69, 9.17) is 28.3 Å². The highest BCUT2D eigenvalue weighted by molar-refractivity contribution is 5.95. The van der Waals surface area contributed by atoms with Crippen molar-refractivity contribution in [1.82, 2.24) is 25.8 Å². The molecule has 0 unspecified atom stereocenters. The Hall–Kier alpha value is -5.18. The van der Waals surface area contributed by atoms with Crippen LogP contribution < -0.4 is 38.9 Å². The Kier molecular flexibility index (Phi) is 16.2. The molecule has 0 spiro atoms. The minimum absolute atomic E-state index is 0.00309. The Bertz CT molecular complexity index is 1470. The molecule has 0 bridgehead atoms. The molecule has 4 atom stereocenters. The van der Waals surface area contributed by atoms with E-state index in [2.05, 4.69) is 20.9 Å². The summed E-state index contributed by atoms with van der Waals surface area (Å²) in [4.78, 5) is 62.2. The molecule has 1 saturated heterocycles. The van der Waals surface area contributed by atoms with Crippen LogP contribution in [-0.2, 0) is 32.0 Å². The maximum absolute atomic E-state index is 13.9. The average Bonchev–Trinajstić information content (AvgIpc) is 3.36. The first-order chi connectivity index (χ1) is 24.3. The van der Waals surface area contributed by atoms with Gasteiger partial charge >= 0.3 is 0 Å². The number of nitrogens with zero attached hydrogens (tertiary/aromatic N) is 3. The van der Waals surface area contributed by atoms with Crippen LogP contribution in [0.3, 0.4) is 0 Å². The fourth-order valence-electron chi connectivity index (χ4n) is 5.89. The van der Waals surface area contributed by atoms with Gasteiger partial charge in [0.25, 0.3) is 0 Å². The van der Waals surface area contributed by atoms with Crippen LogP contribution in [0.1, 0.15) is 50.7 Å². The number of hydrogen-bond donors (Lipinski definition) is 8. The number of benzene rings is 2. The van der Waals surface area contributed by atoms with Crippen LogP contribution in [0.5, 0.6) is 0 Å². The van der Waals surface area contributed by atoms with Crippen LogP contribution in [0.15, 0.2) is 65.7 Å². The number of amides is 4. The Balaban J connectivity index is 1.78. The Morgan fingerprint density at radius 3 is 1.90 bits per heavy atom. The lowest BCUT2D eigenvalue weighted by molar-refractivity contribution is -0.138. The van der Waals surface area contributed by atoms with E-state index in [-0.39, 0.29) is 56.0 Å². The third-order valence-electron chi connectivity index (χ3n) is 8.65. The van der Waals surface area contributed by atoms with Gasteiger partial charge in [0.15, 0.2) is 11.9 Å². The first-order valence-electron chi connectivity index (χ1n) is 17.5. The third-order valence-corrected chi connectivity index (χ3v) is 8.65. The van der Waals surface area contributed by atoms with Crippen molar-refractivity contribution in [2.45, 2.75) is 76.5 Å². The predicted molar refractivity (Wildman–Crippen MR) is 198 cm³/mol.